The molecule has 0 heterocycles. The maximum absolute atomic E-state index is 5.72. The van der Waals surface area contributed by atoms with E-state index in [0.29, 0.717) is 0 Å². The van der Waals surface area contributed by atoms with Gasteiger partial charge >= 0.3 is 0 Å². The summed E-state index contributed by atoms with van der Waals surface area (Å²) < 4.78 is 11.4. The van der Waals surface area contributed by atoms with Crippen LogP contribution >= 0.6 is 0 Å². The molecule has 3 heteroatoms. The van der Waals surface area contributed by atoms with Crippen LogP contribution < -0.4 is 14.8 Å². The molecule has 0 aliphatic carbocycles. The standard InChI is InChI=1S/C19H25NO2/c1-4-11-21-18-9-6-8-17(13-18)20-14-16-7-5-10-19(12-16)22-15(2)3/h5-10,12-13,15,20H,4,11,14H2,1-3H3. The molecule has 0 fully saturated rings. The number of rotatable bonds is 8. The van der Waals surface area contributed by atoms with Gasteiger partial charge in [0, 0.05) is 18.3 Å². The van der Waals surface area contributed by atoms with Crippen molar-refractivity contribution in [3.63, 3.8) is 0 Å². The molecule has 0 aliphatic heterocycles. The van der Waals surface area contributed by atoms with E-state index >= 15 is 0 Å². The van der Waals surface area contributed by atoms with Gasteiger partial charge in [-0.2, -0.15) is 0 Å². The van der Waals surface area contributed by atoms with Gasteiger partial charge in [0.1, 0.15) is 11.5 Å². The summed E-state index contributed by atoms with van der Waals surface area (Å²) in [6.07, 6.45) is 1.20. The van der Waals surface area contributed by atoms with Gasteiger partial charge in [-0.3, -0.25) is 0 Å². The zero-order valence-electron chi connectivity index (χ0n) is 13.6. The molecule has 0 saturated heterocycles. The van der Waals surface area contributed by atoms with E-state index in [1.807, 2.05) is 50.2 Å². The van der Waals surface area contributed by atoms with Gasteiger partial charge in [-0.05, 0) is 50.1 Å². The van der Waals surface area contributed by atoms with Crippen molar-refractivity contribution in [2.24, 2.45) is 0 Å². The second-order valence-corrected chi connectivity index (χ2v) is 5.54. The molecule has 0 bridgehead atoms. The van der Waals surface area contributed by atoms with E-state index in [4.69, 9.17) is 9.47 Å². The second-order valence-electron chi connectivity index (χ2n) is 5.54. The van der Waals surface area contributed by atoms with Crippen LogP contribution in [0, 0.1) is 0 Å². The van der Waals surface area contributed by atoms with Gasteiger partial charge < -0.3 is 14.8 Å². The first kappa shape index (κ1) is 16.2. The molecule has 0 spiro atoms. The lowest BCUT2D eigenvalue weighted by Gasteiger charge is -2.12. The van der Waals surface area contributed by atoms with Crippen LogP contribution in [0.15, 0.2) is 48.5 Å². The van der Waals surface area contributed by atoms with Crippen molar-refractivity contribution in [3.05, 3.63) is 54.1 Å². The molecule has 0 aromatic heterocycles. The highest BCUT2D eigenvalue weighted by Crippen LogP contribution is 2.20. The smallest absolute Gasteiger partial charge is 0.121 e. The van der Waals surface area contributed by atoms with Gasteiger partial charge in [-0.25, -0.2) is 0 Å². The highest BCUT2D eigenvalue weighted by Gasteiger charge is 2.01. The Bertz CT molecular complexity index is 581. The van der Waals surface area contributed by atoms with Gasteiger partial charge in [0.15, 0.2) is 0 Å². The van der Waals surface area contributed by atoms with Gasteiger partial charge in [-0.15, -0.1) is 0 Å². The minimum Gasteiger partial charge on any atom is -0.494 e. The van der Waals surface area contributed by atoms with Crippen molar-refractivity contribution in [1.82, 2.24) is 0 Å². The summed E-state index contributed by atoms with van der Waals surface area (Å²) in [5, 5.41) is 3.42. The Hall–Kier alpha value is -2.16. The number of ether oxygens (including phenoxy) is 2. The van der Waals surface area contributed by atoms with Crippen LogP contribution in [0.25, 0.3) is 0 Å². The second kappa shape index (κ2) is 8.32. The van der Waals surface area contributed by atoms with E-state index in [2.05, 4.69) is 24.4 Å². The molecule has 2 aromatic carbocycles. The Morgan fingerprint density at radius 2 is 1.77 bits per heavy atom. The summed E-state index contributed by atoms with van der Waals surface area (Å²) in [4.78, 5) is 0. The highest BCUT2D eigenvalue weighted by molar-refractivity contribution is 5.48. The Balaban J connectivity index is 1.95. The minimum atomic E-state index is 0.190. The topological polar surface area (TPSA) is 30.5 Å². The minimum absolute atomic E-state index is 0.190. The lowest BCUT2D eigenvalue weighted by Crippen LogP contribution is -2.06. The van der Waals surface area contributed by atoms with E-state index in [1.54, 1.807) is 0 Å². The van der Waals surface area contributed by atoms with Crippen LogP contribution in [-0.4, -0.2) is 12.7 Å². The fourth-order valence-electron chi connectivity index (χ4n) is 2.12. The average Bonchev–Trinajstić information content (AvgIpc) is 2.51. The fraction of sp³-hybridized carbons (Fsp3) is 0.368. The van der Waals surface area contributed by atoms with Gasteiger partial charge in [0.25, 0.3) is 0 Å². The molecule has 0 amide bonds. The Labute approximate surface area is 133 Å². The van der Waals surface area contributed by atoms with Crippen molar-refractivity contribution < 1.29 is 9.47 Å². The SMILES string of the molecule is CCCOc1cccc(NCc2cccc(OC(C)C)c2)c1. The normalized spacial score (nSPS) is 10.5. The van der Waals surface area contributed by atoms with E-state index in [-0.39, 0.29) is 6.10 Å². The van der Waals surface area contributed by atoms with Crippen LogP contribution in [0.3, 0.4) is 0 Å². The van der Waals surface area contributed by atoms with Crippen LogP contribution in [0.2, 0.25) is 0 Å². The molecule has 2 rings (SSSR count). The average molecular weight is 299 g/mol. The maximum atomic E-state index is 5.72. The lowest BCUT2D eigenvalue weighted by atomic mass is 10.2. The molecule has 0 unspecified atom stereocenters. The third-order valence-electron chi connectivity index (χ3n) is 3.07. The first-order valence-corrected chi connectivity index (χ1v) is 7.89. The summed E-state index contributed by atoms with van der Waals surface area (Å²) in [7, 11) is 0. The van der Waals surface area contributed by atoms with Crippen molar-refractivity contribution in [1.29, 1.82) is 0 Å². The summed E-state index contributed by atoms with van der Waals surface area (Å²) in [5.41, 5.74) is 2.25. The van der Waals surface area contributed by atoms with Crippen LogP contribution in [0.1, 0.15) is 32.8 Å². The molecular weight excluding hydrogens is 274 g/mol. The molecule has 0 saturated carbocycles. The molecule has 0 radical (unpaired) electrons. The van der Waals surface area contributed by atoms with Crippen molar-refractivity contribution >= 4 is 5.69 Å². The molecule has 3 nitrogen and oxygen atoms in total. The molecule has 22 heavy (non-hydrogen) atoms. The van der Waals surface area contributed by atoms with E-state index in [9.17, 15) is 0 Å². The van der Waals surface area contributed by atoms with Gasteiger partial charge in [0.2, 0.25) is 0 Å². The van der Waals surface area contributed by atoms with Gasteiger partial charge in [0.05, 0.1) is 12.7 Å². The molecular formula is C19H25NO2. The zero-order chi connectivity index (χ0) is 15.8. The molecule has 2 aromatic rings. The predicted molar refractivity (Wildman–Crippen MR) is 91.8 cm³/mol. The largest absolute Gasteiger partial charge is 0.494 e. The Kier molecular flexibility index (Phi) is 6.13. The van der Waals surface area contributed by atoms with Crippen molar-refractivity contribution in [3.8, 4) is 11.5 Å². The number of benzene rings is 2. The Morgan fingerprint density at radius 3 is 2.55 bits per heavy atom. The monoisotopic (exact) mass is 299 g/mol. The highest BCUT2D eigenvalue weighted by atomic mass is 16.5. The predicted octanol–water partition coefficient (Wildman–Crippen LogP) is 4.87. The summed E-state index contributed by atoms with van der Waals surface area (Å²) >= 11 is 0. The van der Waals surface area contributed by atoms with E-state index in [0.717, 1.165) is 36.8 Å². The zero-order valence-corrected chi connectivity index (χ0v) is 13.6. The number of hydrogen-bond acceptors (Lipinski definition) is 3. The number of nitrogens with one attached hydrogen (secondary N) is 1. The molecule has 118 valence electrons. The third kappa shape index (κ3) is 5.32. The summed E-state index contributed by atoms with van der Waals surface area (Å²) in [5.74, 6) is 1.82. The summed E-state index contributed by atoms with van der Waals surface area (Å²) in [6.45, 7) is 7.68. The van der Waals surface area contributed by atoms with Crippen molar-refractivity contribution in [2.45, 2.75) is 39.8 Å². The third-order valence-corrected chi connectivity index (χ3v) is 3.07. The first-order valence-electron chi connectivity index (χ1n) is 7.89. The molecule has 0 aliphatic rings. The molecule has 0 atom stereocenters. The maximum Gasteiger partial charge on any atom is 0.121 e. The summed E-state index contributed by atoms with van der Waals surface area (Å²) in [6, 6.07) is 16.3. The van der Waals surface area contributed by atoms with Crippen molar-refractivity contribution in [2.75, 3.05) is 11.9 Å². The van der Waals surface area contributed by atoms with Crippen LogP contribution in [-0.2, 0) is 6.54 Å². The number of hydrogen-bond donors (Lipinski definition) is 1. The van der Waals surface area contributed by atoms with Crippen LogP contribution in [0.4, 0.5) is 5.69 Å². The quantitative estimate of drug-likeness (QED) is 0.754. The molecule has 1 N–H and O–H groups in total. The number of anilines is 1. The van der Waals surface area contributed by atoms with Crippen LogP contribution in [0.5, 0.6) is 11.5 Å². The first-order chi connectivity index (χ1) is 10.7. The fourth-order valence-corrected chi connectivity index (χ4v) is 2.12. The van der Waals surface area contributed by atoms with Gasteiger partial charge in [-0.1, -0.05) is 25.1 Å². The van der Waals surface area contributed by atoms with E-state index < -0.39 is 0 Å². The van der Waals surface area contributed by atoms with E-state index in [1.165, 1.54) is 5.56 Å². The lowest BCUT2D eigenvalue weighted by molar-refractivity contribution is 0.242. The Morgan fingerprint density at radius 1 is 1.00 bits per heavy atom.